The molecule has 0 bridgehead atoms. The summed E-state index contributed by atoms with van der Waals surface area (Å²) >= 11 is 6.88. The van der Waals surface area contributed by atoms with Gasteiger partial charge in [-0.1, -0.05) is 22.0 Å². The van der Waals surface area contributed by atoms with E-state index < -0.39 is 0 Å². The minimum Gasteiger partial charge on any atom is -0.377 e. The van der Waals surface area contributed by atoms with Crippen molar-refractivity contribution in [3.63, 3.8) is 0 Å². The van der Waals surface area contributed by atoms with Crippen molar-refractivity contribution < 1.29 is 14.2 Å². The van der Waals surface area contributed by atoms with Crippen LogP contribution >= 0.6 is 31.9 Å². The Labute approximate surface area is 165 Å². The molecule has 1 aliphatic carbocycles. The van der Waals surface area contributed by atoms with Gasteiger partial charge in [0.2, 0.25) is 0 Å². The minimum atomic E-state index is 0.271. The molecule has 0 fully saturated rings. The number of halogens is 2. The third kappa shape index (κ3) is 6.15. The van der Waals surface area contributed by atoms with Crippen LogP contribution < -0.4 is 0 Å². The second-order valence-electron chi connectivity index (χ2n) is 5.95. The van der Waals surface area contributed by atoms with Crippen molar-refractivity contribution in [2.75, 3.05) is 26.4 Å². The standard InChI is InChI=1S/C19H21Br2NO3/c20-16-2-1-14-10-19(11-15(14)9-16)25-8-7-23-5-6-24-13-18-4-3-17(21)12-22-18/h1-4,9,12,19H,5-8,10-11,13H2. The summed E-state index contributed by atoms with van der Waals surface area (Å²) in [5.41, 5.74) is 3.69. The number of rotatable bonds is 9. The minimum absolute atomic E-state index is 0.271. The van der Waals surface area contributed by atoms with Crippen molar-refractivity contribution in [1.29, 1.82) is 0 Å². The molecule has 0 aliphatic heterocycles. The van der Waals surface area contributed by atoms with Crippen LogP contribution in [-0.2, 0) is 33.7 Å². The van der Waals surface area contributed by atoms with Crippen molar-refractivity contribution in [3.05, 3.63) is 62.3 Å². The Morgan fingerprint density at radius 3 is 2.48 bits per heavy atom. The van der Waals surface area contributed by atoms with Crippen LogP contribution in [0.15, 0.2) is 45.5 Å². The summed E-state index contributed by atoms with van der Waals surface area (Å²) in [6, 6.07) is 10.4. The first-order valence-electron chi connectivity index (χ1n) is 8.35. The first-order chi connectivity index (χ1) is 12.2. The van der Waals surface area contributed by atoms with Gasteiger partial charge >= 0.3 is 0 Å². The van der Waals surface area contributed by atoms with E-state index in [1.165, 1.54) is 11.1 Å². The summed E-state index contributed by atoms with van der Waals surface area (Å²) in [4.78, 5) is 4.26. The highest BCUT2D eigenvalue weighted by atomic mass is 79.9. The molecule has 1 atom stereocenters. The topological polar surface area (TPSA) is 40.6 Å². The molecule has 0 radical (unpaired) electrons. The molecule has 1 unspecified atom stereocenters. The Morgan fingerprint density at radius 2 is 1.64 bits per heavy atom. The van der Waals surface area contributed by atoms with E-state index in [2.05, 4.69) is 55.0 Å². The van der Waals surface area contributed by atoms with Crippen LogP contribution in [0.1, 0.15) is 16.8 Å². The van der Waals surface area contributed by atoms with E-state index in [1.807, 2.05) is 12.1 Å². The average molecular weight is 471 g/mol. The van der Waals surface area contributed by atoms with Gasteiger partial charge in [-0.25, -0.2) is 0 Å². The molecule has 134 valence electrons. The highest BCUT2D eigenvalue weighted by Gasteiger charge is 2.21. The average Bonchev–Trinajstić information content (AvgIpc) is 3.00. The van der Waals surface area contributed by atoms with E-state index in [0.29, 0.717) is 33.0 Å². The summed E-state index contributed by atoms with van der Waals surface area (Å²) in [5.74, 6) is 0. The van der Waals surface area contributed by atoms with Gasteiger partial charge in [-0.15, -0.1) is 0 Å². The number of pyridine rings is 1. The molecule has 0 amide bonds. The molecule has 6 heteroatoms. The Balaban J connectivity index is 1.21. The van der Waals surface area contributed by atoms with Crippen LogP contribution in [0, 0.1) is 0 Å². The zero-order chi connectivity index (χ0) is 17.5. The van der Waals surface area contributed by atoms with Gasteiger partial charge in [0, 0.05) is 15.1 Å². The number of aromatic nitrogens is 1. The number of hydrogen-bond donors (Lipinski definition) is 0. The zero-order valence-electron chi connectivity index (χ0n) is 13.9. The van der Waals surface area contributed by atoms with Gasteiger partial charge in [-0.3, -0.25) is 4.98 Å². The number of hydrogen-bond acceptors (Lipinski definition) is 4. The molecule has 25 heavy (non-hydrogen) atoms. The molecule has 0 spiro atoms. The molecule has 3 rings (SSSR count). The smallest absolute Gasteiger partial charge is 0.0889 e. The predicted octanol–water partition coefficient (Wildman–Crippen LogP) is 4.32. The van der Waals surface area contributed by atoms with Gasteiger partial charge in [-0.05, 0) is 64.2 Å². The predicted molar refractivity (Wildman–Crippen MR) is 104 cm³/mol. The van der Waals surface area contributed by atoms with Gasteiger partial charge in [0.05, 0.1) is 44.8 Å². The molecule has 2 aromatic rings. The first-order valence-corrected chi connectivity index (χ1v) is 9.94. The van der Waals surface area contributed by atoms with Crippen LogP contribution in [-0.4, -0.2) is 37.5 Å². The normalized spacial score (nSPS) is 16.2. The van der Waals surface area contributed by atoms with Gasteiger partial charge in [-0.2, -0.15) is 0 Å². The maximum Gasteiger partial charge on any atom is 0.0889 e. The second-order valence-corrected chi connectivity index (χ2v) is 7.78. The molecule has 1 aromatic heterocycles. The van der Waals surface area contributed by atoms with E-state index in [-0.39, 0.29) is 6.10 Å². The lowest BCUT2D eigenvalue weighted by atomic mass is 10.1. The lowest BCUT2D eigenvalue weighted by molar-refractivity contribution is -0.0107. The second kappa shape index (κ2) is 9.78. The monoisotopic (exact) mass is 469 g/mol. The fourth-order valence-corrected chi connectivity index (χ4v) is 3.47. The quantitative estimate of drug-likeness (QED) is 0.511. The third-order valence-corrected chi connectivity index (χ3v) is 5.02. The van der Waals surface area contributed by atoms with Crippen molar-refractivity contribution in [1.82, 2.24) is 4.98 Å². The Hall–Kier alpha value is -0.790. The lowest BCUT2D eigenvalue weighted by Gasteiger charge is -2.11. The van der Waals surface area contributed by atoms with Gasteiger partial charge in [0.15, 0.2) is 0 Å². The zero-order valence-corrected chi connectivity index (χ0v) is 17.1. The van der Waals surface area contributed by atoms with Crippen molar-refractivity contribution in [2.45, 2.75) is 25.6 Å². The molecule has 1 aliphatic rings. The molecule has 1 aromatic carbocycles. The highest BCUT2D eigenvalue weighted by molar-refractivity contribution is 9.10. The Kier molecular flexibility index (Phi) is 7.43. The van der Waals surface area contributed by atoms with Gasteiger partial charge < -0.3 is 14.2 Å². The van der Waals surface area contributed by atoms with Crippen LogP contribution in [0.25, 0.3) is 0 Å². The number of ether oxygens (including phenoxy) is 3. The molecule has 0 N–H and O–H groups in total. The van der Waals surface area contributed by atoms with Crippen LogP contribution in [0.4, 0.5) is 0 Å². The van der Waals surface area contributed by atoms with E-state index in [4.69, 9.17) is 14.2 Å². The van der Waals surface area contributed by atoms with Crippen molar-refractivity contribution >= 4 is 31.9 Å². The summed E-state index contributed by atoms with van der Waals surface area (Å²) < 4.78 is 19.1. The van der Waals surface area contributed by atoms with Crippen molar-refractivity contribution in [2.24, 2.45) is 0 Å². The number of nitrogens with zero attached hydrogens (tertiary/aromatic N) is 1. The Bertz CT molecular complexity index is 679. The van der Waals surface area contributed by atoms with Crippen LogP contribution in [0.5, 0.6) is 0 Å². The summed E-state index contributed by atoms with van der Waals surface area (Å²) in [7, 11) is 0. The molecule has 0 saturated heterocycles. The summed E-state index contributed by atoms with van der Waals surface area (Å²) in [6.07, 6.45) is 4.02. The van der Waals surface area contributed by atoms with Crippen LogP contribution in [0.3, 0.4) is 0 Å². The molecule has 0 saturated carbocycles. The lowest BCUT2D eigenvalue weighted by Crippen LogP contribution is -2.17. The molecular weight excluding hydrogens is 450 g/mol. The highest BCUT2D eigenvalue weighted by Crippen LogP contribution is 2.27. The summed E-state index contributed by atoms with van der Waals surface area (Å²) in [6.45, 7) is 2.84. The van der Waals surface area contributed by atoms with E-state index in [0.717, 1.165) is 27.5 Å². The summed E-state index contributed by atoms with van der Waals surface area (Å²) in [5, 5.41) is 0. The molecule has 1 heterocycles. The van der Waals surface area contributed by atoms with Gasteiger partial charge in [0.25, 0.3) is 0 Å². The van der Waals surface area contributed by atoms with E-state index in [1.54, 1.807) is 6.20 Å². The molecule has 4 nitrogen and oxygen atoms in total. The Morgan fingerprint density at radius 1 is 0.880 bits per heavy atom. The SMILES string of the molecule is Brc1ccc(COCCOCCOC2Cc3ccc(Br)cc3C2)nc1. The van der Waals surface area contributed by atoms with E-state index in [9.17, 15) is 0 Å². The maximum absolute atomic E-state index is 5.92. The van der Waals surface area contributed by atoms with Crippen LogP contribution in [0.2, 0.25) is 0 Å². The van der Waals surface area contributed by atoms with Crippen molar-refractivity contribution in [3.8, 4) is 0 Å². The number of benzene rings is 1. The van der Waals surface area contributed by atoms with Gasteiger partial charge in [0.1, 0.15) is 0 Å². The molecular formula is C19H21Br2NO3. The largest absolute Gasteiger partial charge is 0.377 e. The number of fused-ring (bicyclic) bond motifs is 1. The third-order valence-electron chi connectivity index (χ3n) is 4.06. The fraction of sp³-hybridized carbons (Fsp3) is 0.421. The van der Waals surface area contributed by atoms with E-state index >= 15 is 0 Å². The maximum atomic E-state index is 5.92. The first kappa shape index (κ1) is 19.0. The fourth-order valence-electron chi connectivity index (χ4n) is 2.83.